The molecule has 0 aromatic rings. The summed E-state index contributed by atoms with van der Waals surface area (Å²) < 4.78 is 10.8. The molecule has 6 heteroatoms. The summed E-state index contributed by atoms with van der Waals surface area (Å²) in [4.78, 5) is 12.3. The first kappa shape index (κ1) is 15.2. The molecule has 5 nitrogen and oxygen atoms in total. The SMILES string of the molecule is CNC(=S)[C@@H]1CC[C@@H](NC(=O)OC(C)(C)C)CO1. The van der Waals surface area contributed by atoms with E-state index in [1.807, 2.05) is 20.8 Å². The van der Waals surface area contributed by atoms with Crippen LogP contribution in [0.5, 0.6) is 0 Å². The Kier molecular flexibility index (Phi) is 5.34. The molecule has 0 bridgehead atoms. The molecular formula is C12H22N2O3S. The van der Waals surface area contributed by atoms with Crippen LogP contribution in [0.1, 0.15) is 33.6 Å². The topological polar surface area (TPSA) is 59.6 Å². The molecule has 0 aromatic carbocycles. The van der Waals surface area contributed by atoms with Crippen molar-refractivity contribution < 1.29 is 14.3 Å². The zero-order valence-electron chi connectivity index (χ0n) is 11.4. The minimum atomic E-state index is -0.476. The Morgan fingerprint density at radius 1 is 1.39 bits per heavy atom. The number of amides is 1. The zero-order chi connectivity index (χ0) is 13.8. The van der Waals surface area contributed by atoms with Crippen LogP contribution in [0, 0.1) is 0 Å². The quantitative estimate of drug-likeness (QED) is 0.749. The van der Waals surface area contributed by atoms with E-state index in [4.69, 9.17) is 21.7 Å². The Bertz CT molecular complexity index is 307. The summed E-state index contributed by atoms with van der Waals surface area (Å²) >= 11 is 5.13. The van der Waals surface area contributed by atoms with Crippen LogP contribution in [0.15, 0.2) is 0 Å². The minimum absolute atomic E-state index is 0.00393. The Morgan fingerprint density at radius 3 is 2.50 bits per heavy atom. The van der Waals surface area contributed by atoms with Gasteiger partial charge in [-0.15, -0.1) is 0 Å². The molecule has 1 aliphatic heterocycles. The predicted octanol–water partition coefficient (Wildman–Crippen LogP) is 1.61. The lowest BCUT2D eigenvalue weighted by Gasteiger charge is -2.30. The van der Waals surface area contributed by atoms with Crippen LogP contribution in [0.2, 0.25) is 0 Å². The van der Waals surface area contributed by atoms with Crippen molar-refractivity contribution in [3.63, 3.8) is 0 Å². The summed E-state index contributed by atoms with van der Waals surface area (Å²) in [5.41, 5.74) is -0.476. The summed E-state index contributed by atoms with van der Waals surface area (Å²) in [6.45, 7) is 5.98. The van der Waals surface area contributed by atoms with Gasteiger partial charge in [-0.2, -0.15) is 0 Å². The number of nitrogens with one attached hydrogen (secondary N) is 2. The summed E-state index contributed by atoms with van der Waals surface area (Å²) in [5.74, 6) is 0. The van der Waals surface area contributed by atoms with E-state index in [1.165, 1.54) is 0 Å². The lowest BCUT2D eigenvalue weighted by Crippen LogP contribution is -2.47. The van der Waals surface area contributed by atoms with Crippen LogP contribution in [0.4, 0.5) is 4.79 Å². The Morgan fingerprint density at radius 2 is 2.06 bits per heavy atom. The van der Waals surface area contributed by atoms with E-state index in [0.29, 0.717) is 11.6 Å². The Hall–Kier alpha value is -0.880. The van der Waals surface area contributed by atoms with Crippen molar-refractivity contribution in [3.8, 4) is 0 Å². The van der Waals surface area contributed by atoms with E-state index >= 15 is 0 Å². The third-order valence-corrected chi connectivity index (χ3v) is 3.00. The van der Waals surface area contributed by atoms with Crippen LogP contribution in [-0.2, 0) is 9.47 Å². The highest BCUT2D eigenvalue weighted by molar-refractivity contribution is 7.80. The zero-order valence-corrected chi connectivity index (χ0v) is 12.2. The Labute approximate surface area is 114 Å². The van der Waals surface area contributed by atoms with E-state index < -0.39 is 11.7 Å². The third kappa shape index (κ3) is 5.18. The first-order chi connectivity index (χ1) is 8.31. The molecular weight excluding hydrogens is 252 g/mol. The van der Waals surface area contributed by atoms with Crippen molar-refractivity contribution in [2.24, 2.45) is 0 Å². The van der Waals surface area contributed by atoms with E-state index in [9.17, 15) is 4.79 Å². The minimum Gasteiger partial charge on any atom is -0.444 e. The molecule has 0 spiro atoms. The second-order valence-electron chi connectivity index (χ2n) is 5.36. The van der Waals surface area contributed by atoms with Crippen LogP contribution < -0.4 is 10.6 Å². The summed E-state index contributed by atoms with van der Waals surface area (Å²) in [7, 11) is 1.79. The summed E-state index contributed by atoms with van der Waals surface area (Å²) in [6.07, 6.45) is 1.21. The van der Waals surface area contributed by atoms with Crippen molar-refractivity contribution in [2.75, 3.05) is 13.7 Å². The van der Waals surface area contributed by atoms with Gasteiger partial charge in [-0.3, -0.25) is 0 Å². The highest BCUT2D eigenvalue weighted by atomic mass is 32.1. The van der Waals surface area contributed by atoms with E-state index in [2.05, 4.69) is 10.6 Å². The van der Waals surface area contributed by atoms with Gasteiger partial charge in [0.05, 0.1) is 12.6 Å². The van der Waals surface area contributed by atoms with Crippen LogP contribution in [0.3, 0.4) is 0 Å². The van der Waals surface area contributed by atoms with Gasteiger partial charge in [-0.1, -0.05) is 12.2 Å². The summed E-state index contributed by atoms with van der Waals surface area (Å²) in [5, 5.41) is 5.72. The first-order valence-corrected chi connectivity index (χ1v) is 6.55. The van der Waals surface area contributed by atoms with Crippen molar-refractivity contribution in [3.05, 3.63) is 0 Å². The average molecular weight is 274 g/mol. The fourth-order valence-electron chi connectivity index (χ4n) is 1.71. The first-order valence-electron chi connectivity index (χ1n) is 6.14. The molecule has 0 aromatic heterocycles. The van der Waals surface area contributed by atoms with E-state index in [-0.39, 0.29) is 12.1 Å². The molecule has 104 valence electrons. The van der Waals surface area contributed by atoms with Gasteiger partial charge in [-0.25, -0.2) is 4.79 Å². The molecule has 1 aliphatic rings. The molecule has 1 fully saturated rings. The van der Waals surface area contributed by atoms with Gasteiger partial charge in [0, 0.05) is 7.05 Å². The fraction of sp³-hybridized carbons (Fsp3) is 0.833. The number of hydrogen-bond donors (Lipinski definition) is 2. The Balaban J connectivity index is 2.31. The lowest BCUT2D eigenvalue weighted by molar-refractivity contribution is 0.0202. The molecule has 18 heavy (non-hydrogen) atoms. The van der Waals surface area contributed by atoms with Crippen molar-refractivity contribution in [2.45, 2.75) is 51.4 Å². The number of likely N-dealkylation sites (N-methyl/N-ethyl adjacent to an activating group) is 1. The average Bonchev–Trinajstić information content (AvgIpc) is 2.26. The van der Waals surface area contributed by atoms with Crippen LogP contribution in [-0.4, -0.2) is 42.5 Å². The maximum absolute atomic E-state index is 11.6. The standard InChI is InChI=1S/C12H22N2O3S/c1-12(2,3)17-11(15)14-8-5-6-9(16-7-8)10(18)13-4/h8-9H,5-7H2,1-4H3,(H,13,18)(H,14,15)/t8-,9+/m1/s1. The maximum Gasteiger partial charge on any atom is 0.407 e. The third-order valence-electron chi connectivity index (χ3n) is 2.54. The number of alkyl carbamates (subject to hydrolysis) is 1. The number of thiocarbonyl (C=S) groups is 1. The van der Waals surface area contributed by atoms with Gasteiger partial charge in [0.25, 0.3) is 0 Å². The maximum atomic E-state index is 11.6. The highest BCUT2D eigenvalue weighted by Gasteiger charge is 2.26. The van der Waals surface area contributed by atoms with Gasteiger partial charge < -0.3 is 20.1 Å². The van der Waals surface area contributed by atoms with Gasteiger partial charge in [0.15, 0.2) is 0 Å². The summed E-state index contributed by atoms with van der Waals surface area (Å²) in [6, 6.07) is -0.00393. The lowest BCUT2D eigenvalue weighted by atomic mass is 10.1. The number of carbonyl (C=O) groups excluding carboxylic acids is 1. The van der Waals surface area contributed by atoms with Gasteiger partial charge >= 0.3 is 6.09 Å². The van der Waals surface area contributed by atoms with Gasteiger partial charge in [-0.05, 0) is 33.6 Å². The molecule has 1 rings (SSSR count). The molecule has 1 saturated heterocycles. The second kappa shape index (κ2) is 6.33. The van der Waals surface area contributed by atoms with Crippen molar-refractivity contribution >= 4 is 23.3 Å². The number of rotatable bonds is 2. The predicted molar refractivity (Wildman–Crippen MR) is 73.8 cm³/mol. The van der Waals surface area contributed by atoms with E-state index in [1.54, 1.807) is 7.05 Å². The number of hydrogen-bond acceptors (Lipinski definition) is 4. The fourth-order valence-corrected chi connectivity index (χ4v) is 1.89. The van der Waals surface area contributed by atoms with Crippen molar-refractivity contribution in [1.82, 2.24) is 10.6 Å². The molecule has 1 heterocycles. The van der Waals surface area contributed by atoms with Crippen molar-refractivity contribution in [1.29, 1.82) is 0 Å². The second-order valence-corrected chi connectivity index (χ2v) is 5.80. The molecule has 2 N–H and O–H groups in total. The van der Waals surface area contributed by atoms with E-state index in [0.717, 1.165) is 12.8 Å². The smallest absolute Gasteiger partial charge is 0.407 e. The van der Waals surface area contributed by atoms with Crippen LogP contribution >= 0.6 is 12.2 Å². The molecule has 0 aliphatic carbocycles. The molecule has 0 unspecified atom stereocenters. The number of carbonyl (C=O) groups is 1. The molecule has 0 radical (unpaired) electrons. The largest absolute Gasteiger partial charge is 0.444 e. The molecule has 0 saturated carbocycles. The molecule has 1 amide bonds. The number of ether oxygens (including phenoxy) is 2. The normalized spacial score (nSPS) is 24.2. The monoisotopic (exact) mass is 274 g/mol. The van der Waals surface area contributed by atoms with Crippen LogP contribution in [0.25, 0.3) is 0 Å². The van der Waals surface area contributed by atoms with Gasteiger partial charge in [0.1, 0.15) is 16.7 Å². The molecule has 2 atom stereocenters. The highest BCUT2D eigenvalue weighted by Crippen LogP contribution is 2.15. The van der Waals surface area contributed by atoms with Gasteiger partial charge in [0.2, 0.25) is 0 Å².